The van der Waals surface area contributed by atoms with Crippen molar-refractivity contribution >= 4 is 11.5 Å². The van der Waals surface area contributed by atoms with Crippen LogP contribution in [0.1, 0.15) is 5.56 Å². The molecule has 1 aromatic heterocycles. The minimum absolute atomic E-state index is 0.346. The van der Waals surface area contributed by atoms with Crippen molar-refractivity contribution < 1.29 is 5.21 Å². The van der Waals surface area contributed by atoms with Gasteiger partial charge in [-0.3, -0.25) is 4.57 Å². The molecule has 0 aliphatic carbocycles. The van der Waals surface area contributed by atoms with Gasteiger partial charge in [0.1, 0.15) is 5.69 Å². The van der Waals surface area contributed by atoms with E-state index in [2.05, 4.69) is 0 Å². The van der Waals surface area contributed by atoms with Crippen LogP contribution in [0.15, 0.2) is 138 Å². The first-order valence-corrected chi connectivity index (χ1v) is 10.7. The van der Waals surface area contributed by atoms with Crippen LogP contribution in [0.2, 0.25) is 0 Å². The molecule has 0 saturated heterocycles. The molecule has 5 aromatic rings. The van der Waals surface area contributed by atoms with Crippen LogP contribution in [0, 0.1) is 0 Å². The Morgan fingerprint density at radius 3 is 1.82 bits per heavy atom. The van der Waals surface area contributed by atoms with Crippen LogP contribution in [0.25, 0.3) is 16.9 Å². The lowest BCUT2D eigenvalue weighted by Gasteiger charge is -2.05. The van der Waals surface area contributed by atoms with Gasteiger partial charge in [-0.1, -0.05) is 97.1 Å². The van der Waals surface area contributed by atoms with E-state index < -0.39 is 0 Å². The zero-order valence-corrected chi connectivity index (χ0v) is 17.9. The number of imidazole rings is 1. The van der Waals surface area contributed by atoms with E-state index in [4.69, 9.17) is 9.98 Å². The largest absolute Gasteiger partial charge is 0.425 e. The fraction of sp³-hybridized carbons (Fsp3) is 0. The van der Waals surface area contributed by atoms with Crippen molar-refractivity contribution in [2.75, 3.05) is 0 Å². The Morgan fingerprint density at radius 1 is 0.636 bits per heavy atom. The first kappa shape index (κ1) is 20.3. The van der Waals surface area contributed by atoms with Gasteiger partial charge in [-0.2, -0.15) is 4.99 Å². The van der Waals surface area contributed by atoms with Crippen molar-refractivity contribution in [3.63, 3.8) is 0 Å². The fourth-order valence-electron chi connectivity index (χ4n) is 3.59. The number of amidine groups is 1. The molecule has 0 spiro atoms. The van der Waals surface area contributed by atoms with Crippen LogP contribution in [-0.4, -0.2) is 20.3 Å². The molecule has 0 atom stereocenters. The van der Waals surface area contributed by atoms with Crippen molar-refractivity contribution in [1.29, 1.82) is 0 Å². The molecule has 0 radical (unpaired) electrons. The quantitative estimate of drug-likeness (QED) is 0.217. The maximum Gasteiger partial charge on any atom is 0.250 e. The summed E-state index contributed by atoms with van der Waals surface area (Å²) in [6.07, 6.45) is 1.88. The maximum atomic E-state index is 11.2. The molecule has 4 aromatic carbocycles. The summed E-state index contributed by atoms with van der Waals surface area (Å²) in [6, 6.07) is 39.0. The van der Waals surface area contributed by atoms with Crippen LogP contribution in [0.5, 0.6) is 0 Å². The topological polar surface area (TPSA) is 54.8 Å². The van der Waals surface area contributed by atoms with E-state index in [1.807, 2.05) is 132 Å². The molecule has 1 N–H and O–H groups in total. The van der Waals surface area contributed by atoms with Crippen molar-refractivity contribution in [3.05, 3.63) is 139 Å². The van der Waals surface area contributed by atoms with Crippen LogP contribution in [0.3, 0.4) is 0 Å². The van der Waals surface area contributed by atoms with Crippen molar-refractivity contribution in [3.8, 4) is 16.9 Å². The lowest BCUT2D eigenvalue weighted by Crippen LogP contribution is -2.26. The fourth-order valence-corrected chi connectivity index (χ4v) is 3.59. The van der Waals surface area contributed by atoms with Gasteiger partial charge in [0, 0.05) is 23.0 Å². The second-order valence-corrected chi connectivity index (χ2v) is 7.45. The molecular formula is C28H22N4O. The average Bonchev–Trinajstić information content (AvgIpc) is 3.21. The Morgan fingerprint density at radius 2 is 1.18 bits per heavy atom. The van der Waals surface area contributed by atoms with E-state index in [1.165, 1.54) is 0 Å². The summed E-state index contributed by atoms with van der Waals surface area (Å²) in [5.41, 5.74) is 4.37. The van der Waals surface area contributed by atoms with Gasteiger partial charge in [-0.05, 0) is 24.3 Å². The predicted octanol–water partition coefficient (Wildman–Crippen LogP) is 5.86. The third-order valence-electron chi connectivity index (χ3n) is 5.22. The lowest BCUT2D eigenvalue weighted by molar-refractivity contribution is 0.176. The molecule has 0 aliphatic heterocycles. The second-order valence-electron chi connectivity index (χ2n) is 7.45. The summed E-state index contributed by atoms with van der Waals surface area (Å²) in [7, 11) is 0. The SMILES string of the molecule is On1c(-c2ccccc2)cn(-c2ccccc2)c1=NC(=Nc1ccccc1)c1ccccc1. The highest BCUT2D eigenvalue weighted by Crippen LogP contribution is 2.19. The number of para-hydroxylation sites is 2. The number of hydrogen-bond donors (Lipinski definition) is 1. The summed E-state index contributed by atoms with van der Waals surface area (Å²) in [6.45, 7) is 0. The van der Waals surface area contributed by atoms with E-state index in [0.29, 0.717) is 17.1 Å². The number of rotatable bonds is 4. The Kier molecular flexibility index (Phi) is 5.68. The predicted molar refractivity (Wildman–Crippen MR) is 131 cm³/mol. The van der Waals surface area contributed by atoms with E-state index in [1.54, 1.807) is 0 Å². The van der Waals surface area contributed by atoms with Crippen LogP contribution < -0.4 is 5.62 Å². The van der Waals surface area contributed by atoms with Gasteiger partial charge >= 0.3 is 0 Å². The number of hydrogen-bond acceptors (Lipinski definition) is 2. The summed E-state index contributed by atoms with van der Waals surface area (Å²) in [4.78, 5) is 9.67. The molecule has 0 saturated carbocycles. The first-order valence-electron chi connectivity index (χ1n) is 10.7. The highest BCUT2D eigenvalue weighted by Gasteiger charge is 2.14. The molecule has 5 rings (SSSR count). The van der Waals surface area contributed by atoms with Crippen LogP contribution >= 0.6 is 0 Å². The number of aliphatic imine (C=N–C) groups is 1. The van der Waals surface area contributed by atoms with Gasteiger partial charge in [0.15, 0.2) is 5.84 Å². The zero-order valence-electron chi connectivity index (χ0n) is 17.9. The molecule has 0 bridgehead atoms. The average molecular weight is 431 g/mol. The third-order valence-corrected chi connectivity index (χ3v) is 5.22. The number of nitrogens with zero attached hydrogens (tertiary/aromatic N) is 4. The molecule has 1 heterocycles. The molecule has 160 valence electrons. The van der Waals surface area contributed by atoms with Crippen molar-refractivity contribution in [2.24, 2.45) is 9.98 Å². The Labute approximate surface area is 191 Å². The monoisotopic (exact) mass is 430 g/mol. The molecule has 5 heteroatoms. The maximum absolute atomic E-state index is 11.2. The summed E-state index contributed by atoms with van der Waals surface area (Å²) < 4.78 is 2.98. The van der Waals surface area contributed by atoms with Gasteiger partial charge in [0.25, 0.3) is 5.62 Å². The van der Waals surface area contributed by atoms with E-state index >= 15 is 0 Å². The standard InChI is InChI=1S/C28H22N4O/c33-32-26(22-13-5-1-6-14-22)21-31(25-19-11-4-12-20-25)28(32)30-27(23-15-7-2-8-16-23)29-24-17-9-3-10-18-24/h1-21,33H. The van der Waals surface area contributed by atoms with Gasteiger partial charge in [0.2, 0.25) is 0 Å². The van der Waals surface area contributed by atoms with Crippen LogP contribution in [-0.2, 0) is 0 Å². The van der Waals surface area contributed by atoms with E-state index in [9.17, 15) is 5.21 Å². The molecule has 0 fully saturated rings. The minimum atomic E-state index is 0.346. The van der Waals surface area contributed by atoms with E-state index in [-0.39, 0.29) is 0 Å². The van der Waals surface area contributed by atoms with Gasteiger partial charge < -0.3 is 5.21 Å². The summed E-state index contributed by atoms with van der Waals surface area (Å²) in [5.74, 6) is 0.500. The first-order chi connectivity index (χ1) is 16.3. The lowest BCUT2D eigenvalue weighted by atomic mass is 10.2. The number of aromatic nitrogens is 2. The normalized spacial score (nSPS) is 12.1. The molecule has 0 amide bonds. The van der Waals surface area contributed by atoms with Crippen molar-refractivity contribution in [1.82, 2.24) is 9.30 Å². The van der Waals surface area contributed by atoms with E-state index in [0.717, 1.165) is 27.2 Å². The molecular weight excluding hydrogens is 408 g/mol. The second kappa shape index (κ2) is 9.24. The highest BCUT2D eigenvalue weighted by atomic mass is 16.5. The Bertz CT molecular complexity index is 1440. The Hall–Kier alpha value is -4.64. The molecule has 5 nitrogen and oxygen atoms in total. The minimum Gasteiger partial charge on any atom is -0.425 e. The molecule has 0 aliphatic rings. The number of benzene rings is 4. The zero-order chi connectivity index (χ0) is 22.5. The molecule has 0 unspecified atom stereocenters. The van der Waals surface area contributed by atoms with Gasteiger partial charge in [0.05, 0.1) is 5.69 Å². The highest BCUT2D eigenvalue weighted by molar-refractivity contribution is 6.00. The summed E-state index contributed by atoms with van der Waals surface area (Å²) in [5, 5.41) is 11.2. The van der Waals surface area contributed by atoms with Gasteiger partial charge in [-0.25, -0.2) is 4.99 Å². The summed E-state index contributed by atoms with van der Waals surface area (Å²) >= 11 is 0. The van der Waals surface area contributed by atoms with Gasteiger partial charge in [-0.15, -0.1) is 4.73 Å². The third kappa shape index (κ3) is 4.38. The molecule has 33 heavy (non-hydrogen) atoms. The Balaban J connectivity index is 1.78. The van der Waals surface area contributed by atoms with Crippen LogP contribution in [0.4, 0.5) is 5.69 Å². The van der Waals surface area contributed by atoms with Crippen molar-refractivity contribution in [2.45, 2.75) is 0 Å². The smallest absolute Gasteiger partial charge is 0.250 e.